The molecule has 0 saturated carbocycles. The monoisotopic (exact) mass is 306 g/mol. The molecule has 0 unspecified atom stereocenters. The molecule has 22 heavy (non-hydrogen) atoms. The SMILES string of the molecule is C[C@H](O)CN1CCN(Cc2cccc3c2OCCO3)C[C@H]1C. The molecule has 122 valence electrons. The van der Waals surface area contributed by atoms with E-state index in [1.807, 2.05) is 19.1 Å². The van der Waals surface area contributed by atoms with Gasteiger partial charge in [0, 0.05) is 44.3 Å². The van der Waals surface area contributed by atoms with Crippen LogP contribution in [0.4, 0.5) is 0 Å². The van der Waals surface area contributed by atoms with Crippen molar-refractivity contribution < 1.29 is 14.6 Å². The molecule has 0 spiro atoms. The molecule has 0 aromatic heterocycles. The molecular weight excluding hydrogens is 280 g/mol. The van der Waals surface area contributed by atoms with Crippen molar-refractivity contribution >= 4 is 0 Å². The zero-order chi connectivity index (χ0) is 15.5. The molecule has 0 bridgehead atoms. The summed E-state index contributed by atoms with van der Waals surface area (Å²) in [6, 6.07) is 6.59. The first-order valence-electron chi connectivity index (χ1n) is 8.15. The zero-order valence-electron chi connectivity index (χ0n) is 13.5. The highest BCUT2D eigenvalue weighted by Gasteiger charge is 2.25. The van der Waals surface area contributed by atoms with E-state index in [9.17, 15) is 5.11 Å². The Kier molecular flexibility index (Phi) is 4.86. The molecule has 1 saturated heterocycles. The van der Waals surface area contributed by atoms with Crippen molar-refractivity contribution in [3.63, 3.8) is 0 Å². The van der Waals surface area contributed by atoms with Crippen LogP contribution >= 0.6 is 0 Å². The third kappa shape index (κ3) is 3.54. The highest BCUT2D eigenvalue weighted by Crippen LogP contribution is 2.34. The number of β-amino-alcohol motifs (C(OH)–C–C–N with tert-alkyl or cyclic N) is 1. The first-order valence-corrected chi connectivity index (χ1v) is 8.15. The van der Waals surface area contributed by atoms with Crippen molar-refractivity contribution in [3.05, 3.63) is 23.8 Å². The molecule has 0 aliphatic carbocycles. The van der Waals surface area contributed by atoms with Crippen molar-refractivity contribution in [1.82, 2.24) is 9.80 Å². The van der Waals surface area contributed by atoms with Crippen LogP contribution in [0, 0.1) is 0 Å². The molecule has 2 aliphatic heterocycles. The normalized spacial score (nSPS) is 24.2. The standard InChI is InChI=1S/C17H26N2O3/c1-13-10-18(6-7-19(13)11-14(2)20)12-15-4-3-5-16-17(15)22-9-8-21-16/h3-5,13-14,20H,6-12H2,1-2H3/t13-,14+/m1/s1. The van der Waals surface area contributed by atoms with Gasteiger partial charge in [0.25, 0.3) is 0 Å². The number of hydrogen-bond acceptors (Lipinski definition) is 5. The molecule has 1 fully saturated rings. The van der Waals surface area contributed by atoms with Gasteiger partial charge in [-0.05, 0) is 19.9 Å². The van der Waals surface area contributed by atoms with E-state index in [1.54, 1.807) is 0 Å². The number of hydrogen-bond donors (Lipinski definition) is 1. The summed E-state index contributed by atoms with van der Waals surface area (Å²) in [7, 11) is 0. The third-order valence-corrected chi connectivity index (χ3v) is 4.39. The minimum Gasteiger partial charge on any atom is -0.486 e. The number of aliphatic hydroxyl groups is 1. The largest absolute Gasteiger partial charge is 0.486 e. The van der Waals surface area contributed by atoms with E-state index >= 15 is 0 Å². The maximum absolute atomic E-state index is 9.57. The van der Waals surface area contributed by atoms with Gasteiger partial charge in [-0.1, -0.05) is 12.1 Å². The summed E-state index contributed by atoms with van der Waals surface area (Å²) in [5.74, 6) is 1.78. The van der Waals surface area contributed by atoms with Crippen LogP contribution in [0.15, 0.2) is 18.2 Å². The fourth-order valence-corrected chi connectivity index (χ4v) is 3.32. The van der Waals surface area contributed by atoms with Gasteiger partial charge in [-0.3, -0.25) is 9.80 Å². The van der Waals surface area contributed by atoms with Gasteiger partial charge >= 0.3 is 0 Å². The second kappa shape index (κ2) is 6.86. The fraction of sp³-hybridized carbons (Fsp3) is 0.647. The van der Waals surface area contributed by atoms with Crippen LogP contribution in [-0.2, 0) is 6.54 Å². The van der Waals surface area contributed by atoms with Crippen molar-refractivity contribution in [2.24, 2.45) is 0 Å². The van der Waals surface area contributed by atoms with Gasteiger partial charge in [-0.15, -0.1) is 0 Å². The van der Waals surface area contributed by atoms with Crippen molar-refractivity contribution in [1.29, 1.82) is 0 Å². The van der Waals surface area contributed by atoms with Gasteiger partial charge in [-0.25, -0.2) is 0 Å². The average molecular weight is 306 g/mol. The Morgan fingerprint density at radius 3 is 2.86 bits per heavy atom. The number of nitrogens with zero attached hydrogens (tertiary/aromatic N) is 2. The van der Waals surface area contributed by atoms with Crippen molar-refractivity contribution in [2.45, 2.75) is 32.5 Å². The summed E-state index contributed by atoms with van der Waals surface area (Å²) >= 11 is 0. The molecule has 5 heteroatoms. The highest BCUT2D eigenvalue weighted by molar-refractivity contribution is 5.47. The Balaban J connectivity index is 1.63. The smallest absolute Gasteiger partial charge is 0.165 e. The molecule has 1 aromatic carbocycles. The molecule has 2 heterocycles. The molecule has 5 nitrogen and oxygen atoms in total. The first-order chi connectivity index (χ1) is 10.6. The molecule has 0 radical (unpaired) electrons. The van der Waals surface area contributed by atoms with Gasteiger partial charge in [-0.2, -0.15) is 0 Å². The number of piperazine rings is 1. The Morgan fingerprint density at radius 2 is 2.09 bits per heavy atom. The first kappa shape index (κ1) is 15.6. The Hall–Kier alpha value is -1.30. The summed E-state index contributed by atoms with van der Waals surface area (Å²) in [6.07, 6.45) is -0.263. The number of para-hydroxylation sites is 1. The predicted molar refractivity (Wildman–Crippen MR) is 85.4 cm³/mol. The van der Waals surface area contributed by atoms with Crippen molar-refractivity contribution in [3.8, 4) is 11.5 Å². The molecular formula is C17H26N2O3. The van der Waals surface area contributed by atoms with Crippen LogP contribution in [0.3, 0.4) is 0 Å². The quantitative estimate of drug-likeness (QED) is 0.910. The van der Waals surface area contributed by atoms with E-state index in [0.29, 0.717) is 19.3 Å². The summed E-state index contributed by atoms with van der Waals surface area (Å²) in [5, 5.41) is 9.57. The topological polar surface area (TPSA) is 45.2 Å². The van der Waals surface area contributed by atoms with Crippen LogP contribution < -0.4 is 9.47 Å². The summed E-state index contributed by atoms with van der Waals surface area (Å²) < 4.78 is 11.5. The lowest BCUT2D eigenvalue weighted by atomic mass is 10.1. The van der Waals surface area contributed by atoms with E-state index in [0.717, 1.165) is 44.2 Å². The van der Waals surface area contributed by atoms with E-state index in [1.165, 1.54) is 5.56 Å². The maximum Gasteiger partial charge on any atom is 0.165 e. The molecule has 1 aromatic rings. The summed E-state index contributed by atoms with van der Waals surface area (Å²) in [4.78, 5) is 4.82. The lowest BCUT2D eigenvalue weighted by Gasteiger charge is -2.40. The maximum atomic E-state index is 9.57. The molecule has 0 amide bonds. The van der Waals surface area contributed by atoms with Crippen LogP contribution in [0.5, 0.6) is 11.5 Å². The van der Waals surface area contributed by atoms with Gasteiger partial charge in [0.15, 0.2) is 11.5 Å². The van der Waals surface area contributed by atoms with Gasteiger partial charge < -0.3 is 14.6 Å². The number of ether oxygens (including phenoxy) is 2. The zero-order valence-corrected chi connectivity index (χ0v) is 13.5. The van der Waals surface area contributed by atoms with Crippen LogP contribution in [0.2, 0.25) is 0 Å². The Bertz CT molecular complexity index is 507. The van der Waals surface area contributed by atoms with Crippen LogP contribution in [0.1, 0.15) is 19.4 Å². The lowest BCUT2D eigenvalue weighted by Crippen LogP contribution is -2.53. The highest BCUT2D eigenvalue weighted by atomic mass is 16.6. The van der Waals surface area contributed by atoms with Gasteiger partial charge in [0.2, 0.25) is 0 Å². The van der Waals surface area contributed by atoms with E-state index in [2.05, 4.69) is 22.8 Å². The number of aliphatic hydroxyl groups excluding tert-OH is 1. The molecule has 1 N–H and O–H groups in total. The number of benzene rings is 1. The fourth-order valence-electron chi connectivity index (χ4n) is 3.32. The lowest BCUT2D eigenvalue weighted by molar-refractivity contribution is 0.0417. The van der Waals surface area contributed by atoms with Crippen molar-refractivity contribution in [2.75, 3.05) is 39.4 Å². The molecule has 3 rings (SSSR count). The number of fused-ring (bicyclic) bond motifs is 1. The van der Waals surface area contributed by atoms with Crippen LogP contribution in [0.25, 0.3) is 0 Å². The minimum atomic E-state index is -0.263. The summed E-state index contributed by atoms with van der Waals surface area (Å²) in [5.41, 5.74) is 1.20. The average Bonchev–Trinajstić information content (AvgIpc) is 2.50. The third-order valence-electron chi connectivity index (χ3n) is 4.39. The van der Waals surface area contributed by atoms with E-state index in [-0.39, 0.29) is 6.10 Å². The second-order valence-electron chi connectivity index (χ2n) is 6.37. The summed E-state index contributed by atoms with van der Waals surface area (Å²) in [6.45, 7) is 10.0. The Morgan fingerprint density at radius 1 is 1.27 bits per heavy atom. The van der Waals surface area contributed by atoms with Crippen LogP contribution in [-0.4, -0.2) is 66.4 Å². The van der Waals surface area contributed by atoms with E-state index < -0.39 is 0 Å². The van der Waals surface area contributed by atoms with Gasteiger partial charge in [0.1, 0.15) is 13.2 Å². The number of rotatable bonds is 4. The second-order valence-corrected chi connectivity index (χ2v) is 6.37. The molecule has 2 aliphatic rings. The predicted octanol–water partition coefficient (Wildman–Crippen LogP) is 1.34. The molecule has 2 atom stereocenters. The van der Waals surface area contributed by atoms with E-state index in [4.69, 9.17) is 9.47 Å². The Labute approximate surface area is 132 Å². The van der Waals surface area contributed by atoms with Gasteiger partial charge in [0.05, 0.1) is 6.10 Å². The minimum absolute atomic E-state index is 0.263.